The van der Waals surface area contributed by atoms with Crippen LogP contribution in [-0.2, 0) is 22.3 Å². The molecule has 4 nitrogen and oxygen atoms in total. The van der Waals surface area contributed by atoms with Crippen LogP contribution in [0.5, 0.6) is 0 Å². The first kappa shape index (κ1) is 24.4. The van der Waals surface area contributed by atoms with Crippen molar-refractivity contribution in [3.63, 3.8) is 0 Å². The van der Waals surface area contributed by atoms with Gasteiger partial charge in [0.25, 0.3) is 0 Å². The Balaban J connectivity index is 1.29. The molecule has 190 valence electrons. The maximum atomic E-state index is 13.3. The minimum Gasteiger partial charge on any atom is -0.352 e. The highest BCUT2D eigenvalue weighted by atomic mass is 19.4. The van der Waals surface area contributed by atoms with Gasteiger partial charge in [-0.15, -0.1) is 0 Å². The summed E-state index contributed by atoms with van der Waals surface area (Å²) in [7, 11) is 1.92. The quantitative estimate of drug-likeness (QED) is 0.604. The van der Waals surface area contributed by atoms with Crippen molar-refractivity contribution in [1.82, 2.24) is 10.2 Å². The number of nitrogens with one attached hydrogen (secondary N) is 1. The van der Waals surface area contributed by atoms with E-state index in [-0.39, 0.29) is 41.1 Å². The first-order valence-electron chi connectivity index (χ1n) is 12.8. The monoisotopic (exact) mass is 488 g/mol. The van der Waals surface area contributed by atoms with Crippen molar-refractivity contribution >= 4 is 11.8 Å². The van der Waals surface area contributed by atoms with Gasteiger partial charge in [-0.05, 0) is 85.5 Å². The number of benzene rings is 1. The third-order valence-electron chi connectivity index (χ3n) is 10.2. The molecular formula is C28H35F3N2O2. The molecule has 1 heterocycles. The Morgan fingerprint density at radius 3 is 2.63 bits per heavy atom. The fourth-order valence-corrected chi connectivity index (χ4v) is 8.34. The van der Waals surface area contributed by atoms with Gasteiger partial charge >= 0.3 is 6.18 Å². The van der Waals surface area contributed by atoms with Crippen LogP contribution >= 0.6 is 0 Å². The summed E-state index contributed by atoms with van der Waals surface area (Å²) < 4.78 is 39.1. The van der Waals surface area contributed by atoms with Gasteiger partial charge in [-0.3, -0.25) is 9.59 Å². The number of carbonyl (C=O) groups excluding carboxylic acids is 2. The standard InChI is InChI=1S/C28H35F3N2O2/c1-26-13-11-21-19(7-10-23-27(21,2)14-12-24(34)33(23)3)20(26)8-9-22(26)25(35)32-16-17-5-4-6-18(15-17)28(29,30)31/h4-6,12,14-15,19-23H,7-11,13,16H2,1-3H3,(H,32,35)/t19-,20-,21+,22?,23?,26-,27+/m0/s1. The zero-order valence-corrected chi connectivity index (χ0v) is 20.7. The number of hydrogen-bond donors (Lipinski definition) is 1. The minimum atomic E-state index is -4.39. The summed E-state index contributed by atoms with van der Waals surface area (Å²) in [6.07, 6.45) is 5.42. The van der Waals surface area contributed by atoms with E-state index in [0.717, 1.165) is 50.7 Å². The Bertz CT molecular complexity index is 1050. The largest absolute Gasteiger partial charge is 0.416 e. The van der Waals surface area contributed by atoms with E-state index in [1.807, 2.05) is 11.9 Å². The number of fused-ring (bicyclic) bond motifs is 5. The lowest BCUT2D eigenvalue weighted by Crippen LogP contribution is -2.59. The summed E-state index contributed by atoms with van der Waals surface area (Å²) in [5, 5.41) is 2.95. The normalized spacial score (nSPS) is 38.5. The molecule has 3 aliphatic carbocycles. The van der Waals surface area contributed by atoms with Crippen LogP contribution in [0.25, 0.3) is 0 Å². The van der Waals surface area contributed by atoms with E-state index in [2.05, 4.69) is 25.2 Å². The number of nitrogens with zero attached hydrogens (tertiary/aromatic N) is 1. The van der Waals surface area contributed by atoms with Gasteiger partial charge in [0, 0.05) is 31.0 Å². The summed E-state index contributed by atoms with van der Waals surface area (Å²) >= 11 is 0. The van der Waals surface area contributed by atoms with Crippen molar-refractivity contribution in [2.45, 2.75) is 71.1 Å². The van der Waals surface area contributed by atoms with Gasteiger partial charge in [0.1, 0.15) is 0 Å². The number of halogens is 3. The molecule has 2 unspecified atom stereocenters. The zero-order valence-electron chi connectivity index (χ0n) is 20.7. The molecule has 4 aliphatic rings. The molecule has 3 saturated carbocycles. The highest BCUT2D eigenvalue weighted by molar-refractivity contribution is 5.89. The van der Waals surface area contributed by atoms with E-state index in [9.17, 15) is 22.8 Å². The van der Waals surface area contributed by atoms with Gasteiger partial charge in [-0.1, -0.05) is 32.1 Å². The molecule has 7 heteroatoms. The third-order valence-corrected chi connectivity index (χ3v) is 10.2. The second kappa shape index (κ2) is 8.38. The van der Waals surface area contributed by atoms with Crippen LogP contribution in [0.3, 0.4) is 0 Å². The number of amides is 2. The van der Waals surface area contributed by atoms with Gasteiger partial charge in [-0.25, -0.2) is 0 Å². The van der Waals surface area contributed by atoms with Crippen LogP contribution in [0.2, 0.25) is 0 Å². The van der Waals surface area contributed by atoms with Crippen LogP contribution < -0.4 is 5.32 Å². The molecule has 0 bridgehead atoms. The van der Waals surface area contributed by atoms with Crippen molar-refractivity contribution < 1.29 is 22.8 Å². The van der Waals surface area contributed by atoms with Gasteiger partial charge in [0.2, 0.25) is 11.8 Å². The molecule has 0 radical (unpaired) electrons. The van der Waals surface area contributed by atoms with Crippen molar-refractivity contribution in [3.05, 3.63) is 47.5 Å². The maximum Gasteiger partial charge on any atom is 0.416 e. The Morgan fingerprint density at radius 2 is 1.89 bits per heavy atom. The molecule has 1 aromatic rings. The van der Waals surface area contributed by atoms with Crippen molar-refractivity contribution in [3.8, 4) is 0 Å². The van der Waals surface area contributed by atoms with Crippen molar-refractivity contribution in [1.29, 1.82) is 0 Å². The van der Waals surface area contributed by atoms with Gasteiger partial charge in [-0.2, -0.15) is 13.2 Å². The third kappa shape index (κ3) is 3.89. The summed E-state index contributed by atoms with van der Waals surface area (Å²) in [5.41, 5.74) is -0.353. The van der Waals surface area contributed by atoms with Crippen LogP contribution in [-0.4, -0.2) is 29.8 Å². The number of alkyl halides is 3. The summed E-state index contributed by atoms with van der Waals surface area (Å²) in [6.45, 7) is 4.68. The molecule has 7 atom stereocenters. The first-order chi connectivity index (χ1) is 16.4. The van der Waals surface area contributed by atoms with Crippen LogP contribution in [0.4, 0.5) is 13.2 Å². The van der Waals surface area contributed by atoms with Gasteiger partial charge in [0.05, 0.1) is 5.56 Å². The lowest BCUT2D eigenvalue weighted by Gasteiger charge is -2.60. The molecule has 3 fully saturated rings. The Labute approximate surface area is 205 Å². The smallest absolute Gasteiger partial charge is 0.352 e. The Hall–Kier alpha value is -2.31. The van der Waals surface area contributed by atoms with E-state index in [4.69, 9.17) is 0 Å². The van der Waals surface area contributed by atoms with Crippen LogP contribution in [0, 0.1) is 34.5 Å². The summed E-state index contributed by atoms with van der Waals surface area (Å²) in [6, 6.07) is 5.41. The predicted molar refractivity (Wildman–Crippen MR) is 127 cm³/mol. The van der Waals surface area contributed by atoms with Crippen molar-refractivity contribution in [2.75, 3.05) is 7.05 Å². The maximum absolute atomic E-state index is 13.3. The molecule has 0 saturated heterocycles. The average molecular weight is 489 g/mol. The van der Waals surface area contributed by atoms with E-state index in [0.29, 0.717) is 23.3 Å². The SMILES string of the molecule is CN1C(=O)C=C[C@@]2(C)C1CC[C@@H]1[C@H]2CC[C@]2(C)C(C(=O)NCc3cccc(C(F)(F)F)c3)CC[C@@H]12. The van der Waals surface area contributed by atoms with Gasteiger partial charge < -0.3 is 10.2 Å². The Morgan fingerprint density at radius 1 is 1.11 bits per heavy atom. The topological polar surface area (TPSA) is 49.4 Å². The van der Waals surface area contributed by atoms with E-state index in [1.54, 1.807) is 12.1 Å². The van der Waals surface area contributed by atoms with Crippen LogP contribution in [0.15, 0.2) is 36.4 Å². The molecule has 1 aromatic carbocycles. The number of carbonyl (C=O) groups is 2. The predicted octanol–water partition coefficient (Wildman–Crippen LogP) is 5.58. The second-order valence-corrected chi connectivity index (χ2v) is 11.7. The highest BCUT2D eigenvalue weighted by Crippen LogP contribution is 2.65. The molecule has 0 spiro atoms. The fourth-order valence-electron chi connectivity index (χ4n) is 8.34. The highest BCUT2D eigenvalue weighted by Gasteiger charge is 2.61. The number of rotatable bonds is 3. The molecular weight excluding hydrogens is 453 g/mol. The zero-order chi connectivity index (χ0) is 25.2. The molecule has 35 heavy (non-hydrogen) atoms. The molecule has 1 N–H and O–H groups in total. The average Bonchev–Trinajstić information content (AvgIpc) is 3.17. The first-order valence-corrected chi connectivity index (χ1v) is 12.8. The molecule has 2 amide bonds. The summed E-state index contributed by atoms with van der Waals surface area (Å²) in [4.78, 5) is 27.5. The van der Waals surface area contributed by atoms with Gasteiger partial charge in [0.15, 0.2) is 0 Å². The lowest BCUT2D eigenvalue weighted by molar-refractivity contribution is -0.142. The Kier molecular flexibility index (Phi) is 5.84. The number of hydrogen-bond acceptors (Lipinski definition) is 2. The van der Waals surface area contributed by atoms with Crippen LogP contribution in [0.1, 0.15) is 63.5 Å². The van der Waals surface area contributed by atoms with E-state index in [1.165, 1.54) is 6.07 Å². The van der Waals surface area contributed by atoms with Crippen molar-refractivity contribution in [2.24, 2.45) is 34.5 Å². The second-order valence-electron chi connectivity index (χ2n) is 11.7. The molecule has 0 aromatic heterocycles. The minimum absolute atomic E-state index is 0.0310. The van der Waals surface area contributed by atoms with E-state index < -0.39 is 11.7 Å². The molecule has 5 rings (SSSR count). The summed E-state index contributed by atoms with van der Waals surface area (Å²) in [5.74, 6) is 1.43. The fraction of sp³-hybridized carbons (Fsp3) is 0.643. The molecule has 1 aliphatic heterocycles. The number of likely N-dealkylation sites (N-methyl/N-ethyl adjacent to an activating group) is 1. The van der Waals surface area contributed by atoms with E-state index >= 15 is 0 Å². The lowest BCUT2D eigenvalue weighted by atomic mass is 9.47.